The Morgan fingerprint density at radius 3 is 2.76 bits per heavy atom. The molecule has 1 aromatic carbocycles. The van der Waals surface area contributed by atoms with E-state index in [4.69, 9.17) is 10.00 Å². The monoisotopic (exact) mass is 240 g/mol. The predicted octanol–water partition coefficient (Wildman–Crippen LogP) is 2.24. The summed E-state index contributed by atoms with van der Waals surface area (Å²) in [6, 6.07) is 5.71. The fourth-order valence-corrected chi connectivity index (χ4v) is 1.33. The molecule has 0 heterocycles. The molecule has 0 fully saturated rings. The van der Waals surface area contributed by atoms with E-state index in [2.05, 4.69) is 5.32 Å². The first-order valence-corrected chi connectivity index (χ1v) is 5.25. The lowest BCUT2D eigenvalue weighted by atomic mass is 10.1. The number of nitrogens with zero attached hydrogens (tertiary/aromatic N) is 1. The first-order chi connectivity index (χ1) is 8.02. The molecule has 0 saturated heterocycles. The lowest BCUT2D eigenvalue weighted by molar-refractivity contribution is 0.225. The van der Waals surface area contributed by atoms with Crippen LogP contribution in [0.2, 0.25) is 0 Å². The Bertz CT molecular complexity index is 431. The summed E-state index contributed by atoms with van der Waals surface area (Å²) in [4.78, 5) is 0. The van der Waals surface area contributed by atoms with Crippen molar-refractivity contribution in [3.63, 3.8) is 0 Å². The van der Waals surface area contributed by atoms with E-state index in [1.165, 1.54) is 12.1 Å². The first kappa shape index (κ1) is 13.4. The van der Waals surface area contributed by atoms with Crippen LogP contribution in [0.4, 0.5) is 8.78 Å². The van der Waals surface area contributed by atoms with E-state index in [1.807, 2.05) is 13.0 Å². The van der Waals surface area contributed by atoms with E-state index < -0.39 is 17.2 Å². The molecular formula is C12H14F2N2O. The molecule has 0 aliphatic carbocycles. The first-order valence-electron chi connectivity index (χ1n) is 5.25. The highest BCUT2D eigenvalue weighted by Gasteiger charge is 2.24. The average Bonchev–Trinajstić information content (AvgIpc) is 2.31. The minimum Gasteiger partial charge on any atom is -0.487 e. The highest BCUT2D eigenvalue weighted by molar-refractivity contribution is 5.25. The summed E-state index contributed by atoms with van der Waals surface area (Å²) in [7, 11) is 0. The summed E-state index contributed by atoms with van der Waals surface area (Å²) in [6.07, 6.45) is 0. The Labute approximate surface area is 99.0 Å². The van der Waals surface area contributed by atoms with Crippen LogP contribution in [0.15, 0.2) is 18.2 Å². The average molecular weight is 240 g/mol. The second-order valence-electron chi connectivity index (χ2n) is 3.81. The topological polar surface area (TPSA) is 45.0 Å². The van der Waals surface area contributed by atoms with Crippen molar-refractivity contribution in [2.45, 2.75) is 19.4 Å². The fourth-order valence-electron chi connectivity index (χ4n) is 1.33. The molecule has 92 valence electrons. The molecule has 1 N–H and O–H groups in total. The Morgan fingerprint density at radius 2 is 2.18 bits per heavy atom. The van der Waals surface area contributed by atoms with Gasteiger partial charge in [-0.2, -0.15) is 9.65 Å². The van der Waals surface area contributed by atoms with Crippen molar-refractivity contribution in [1.29, 1.82) is 5.26 Å². The molecule has 1 unspecified atom stereocenters. The van der Waals surface area contributed by atoms with Crippen LogP contribution >= 0.6 is 0 Å². The summed E-state index contributed by atoms with van der Waals surface area (Å²) in [5.74, 6) is -2.20. The fraction of sp³-hybridized carbons (Fsp3) is 0.417. The zero-order valence-electron chi connectivity index (χ0n) is 9.76. The molecule has 17 heavy (non-hydrogen) atoms. The molecule has 1 atom stereocenters. The number of nitriles is 1. The summed E-state index contributed by atoms with van der Waals surface area (Å²) < 4.78 is 31.3. The van der Waals surface area contributed by atoms with Crippen LogP contribution in [0.1, 0.15) is 13.8 Å². The molecule has 0 bridgehead atoms. The van der Waals surface area contributed by atoms with E-state index in [9.17, 15) is 8.78 Å². The molecule has 1 rings (SSSR count). The lowest BCUT2D eigenvalue weighted by Crippen LogP contribution is -2.46. The van der Waals surface area contributed by atoms with E-state index >= 15 is 0 Å². The van der Waals surface area contributed by atoms with Crippen molar-refractivity contribution in [3.05, 3.63) is 29.8 Å². The maximum Gasteiger partial charge on any atom is 0.200 e. The highest BCUT2D eigenvalue weighted by atomic mass is 19.2. The minimum absolute atomic E-state index is 0.0578. The van der Waals surface area contributed by atoms with Gasteiger partial charge in [-0.05, 0) is 25.6 Å². The van der Waals surface area contributed by atoms with E-state index in [1.54, 1.807) is 6.92 Å². The Kier molecular flexibility index (Phi) is 4.41. The van der Waals surface area contributed by atoms with Crippen molar-refractivity contribution < 1.29 is 13.5 Å². The SMILES string of the molecule is CCNC(C)(C#N)COc1cccc(F)c1F. The number of ether oxygens (including phenoxy) is 1. The zero-order valence-corrected chi connectivity index (χ0v) is 9.76. The van der Waals surface area contributed by atoms with Crippen molar-refractivity contribution in [2.75, 3.05) is 13.2 Å². The third-order valence-corrected chi connectivity index (χ3v) is 2.25. The normalized spacial score (nSPS) is 13.8. The van der Waals surface area contributed by atoms with Gasteiger partial charge in [-0.3, -0.25) is 5.32 Å². The summed E-state index contributed by atoms with van der Waals surface area (Å²) >= 11 is 0. The van der Waals surface area contributed by atoms with Crippen LogP contribution in [-0.2, 0) is 0 Å². The molecule has 0 aliphatic heterocycles. The van der Waals surface area contributed by atoms with Crippen LogP contribution in [0.3, 0.4) is 0 Å². The highest BCUT2D eigenvalue weighted by Crippen LogP contribution is 2.20. The quantitative estimate of drug-likeness (QED) is 0.858. The molecule has 5 heteroatoms. The number of likely N-dealkylation sites (N-methyl/N-ethyl adjacent to an activating group) is 1. The van der Waals surface area contributed by atoms with Gasteiger partial charge in [0.15, 0.2) is 11.6 Å². The van der Waals surface area contributed by atoms with Crippen LogP contribution in [-0.4, -0.2) is 18.7 Å². The molecule has 0 amide bonds. The molecular weight excluding hydrogens is 226 g/mol. The third kappa shape index (κ3) is 3.40. The molecule has 0 spiro atoms. The number of nitrogens with one attached hydrogen (secondary N) is 1. The van der Waals surface area contributed by atoms with Gasteiger partial charge in [0.2, 0.25) is 5.82 Å². The molecule has 0 saturated carbocycles. The number of hydrogen-bond donors (Lipinski definition) is 1. The standard InChI is InChI=1S/C12H14F2N2O/c1-3-16-12(2,7-15)8-17-10-6-4-5-9(13)11(10)14/h4-6,16H,3,8H2,1-2H3. The Morgan fingerprint density at radius 1 is 1.47 bits per heavy atom. The number of hydrogen-bond acceptors (Lipinski definition) is 3. The van der Waals surface area contributed by atoms with Crippen molar-refractivity contribution >= 4 is 0 Å². The minimum atomic E-state index is -1.04. The number of halogens is 2. The Hall–Kier alpha value is -1.67. The number of rotatable bonds is 5. The molecule has 3 nitrogen and oxygen atoms in total. The smallest absolute Gasteiger partial charge is 0.200 e. The third-order valence-electron chi connectivity index (χ3n) is 2.25. The van der Waals surface area contributed by atoms with Gasteiger partial charge in [0, 0.05) is 0 Å². The van der Waals surface area contributed by atoms with Gasteiger partial charge in [-0.25, -0.2) is 4.39 Å². The van der Waals surface area contributed by atoms with E-state index in [0.29, 0.717) is 6.54 Å². The van der Waals surface area contributed by atoms with Gasteiger partial charge in [0.1, 0.15) is 12.1 Å². The Balaban J connectivity index is 2.73. The van der Waals surface area contributed by atoms with Crippen LogP contribution in [0, 0.1) is 23.0 Å². The molecule has 1 aromatic rings. The van der Waals surface area contributed by atoms with Crippen LogP contribution in [0.25, 0.3) is 0 Å². The van der Waals surface area contributed by atoms with Gasteiger partial charge in [0.25, 0.3) is 0 Å². The molecule has 0 radical (unpaired) electrons. The largest absolute Gasteiger partial charge is 0.487 e. The maximum absolute atomic E-state index is 13.3. The van der Waals surface area contributed by atoms with Gasteiger partial charge in [-0.1, -0.05) is 13.0 Å². The number of benzene rings is 1. The second kappa shape index (κ2) is 5.60. The second-order valence-corrected chi connectivity index (χ2v) is 3.81. The van der Waals surface area contributed by atoms with E-state index in [-0.39, 0.29) is 12.4 Å². The predicted molar refractivity (Wildman–Crippen MR) is 59.5 cm³/mol. The van der Waals surface area contributed by atoms with Crippen LogP contribution in [0.5, 0.6) is 5.75 Å². The van der Waals surface area contributed by atoms with Crippen LogP contribution < -0.4 is 10.1 Å². The molecule has 0 aromatic heterocycles. The van der Waals surface area contributed by atoms with Crippen molar-refractivity contribution in [2.24, 2.45) is 0 Å². The van der Waals surface area contributed by atoms with E-state index in [0.717, 1.165) is 6.07 Å². The summed E-state index contributed by atoms with van der Waals surface area (Å²) in [5, 5.41) is 11.9. The van der Waals surface area contributed by atoms with Crippen molar-refractivity contribution in [1.82, 2.24) is 5.32 Å². The zero-order chi connectivity index (χ0) is 12.9. The summed E-state index contributed by atoms with van der Waals surface area (Å²) in [6.45, 7) is 4.00. The van der Waals surface area contributed by atoms with Gasteiger partial charge in [0.05, 0.1) is 6.07 Å². The maximum atomic E-state index is 13.3. The lowest BCUT2D eigenvalue weighted by Gasteiger charge is -2.22. The van der Waals surface area contributed by atoms with Gasteiger partial charge in [-0.15, -0.1) is 0 Å². The van der Waals surface area contributed by atoms with Crippen molar-refractivity contribution in [3.8, 4) is 11.8 Å². The van der Waals surface area contributed by atoms with Gasteiger partial charge >= 0.3 is 0 Å². The summed E-state index contributed by atoms with van der Waals surface area (Å²) in [5.41, 5.74) is -0.923. The van der Waals surface area contributed by atoms with Gasteiger partial charge < -0.3 is 4.74 Å². The molecule has 0 aliphatic rings.